The first-order valence-electron chi connectivity index (χ1n) is 10.8. The van der Waals surface area contributed by atoms with Crippen LogP contribution in [0.3, 0.4) is 0 Å². The van der Waals surface area contributed by atoms with E-state index in [2.05, 4.69) is 4.74 Å². The summed E-state index contributed by atoms with van der Waals surface area (Å²) in [6.45, 7) is 6.26. The summed E-state index contributed by atoms with van der Waals surface area (Å²) in [7, 11) is -4.36. The van der Waals surface area contributed by atoms with Gasteiger partial charge in [-0.25, -0.2) is 0 Å². The van der Waals surface area contributed by atoms with Gasteiger partial charge in [0.2, 0.25) is 0 Å². The van der Waals surface area contributed by atoms with Crippen molar-refractivity contribution in [2.75, 3.05) is 6.61 Å². The number of alkyl halides is 4. The van der Waals surface area contributed by atoms with Gasteiger partial charge < -0.3 is 13.7 Å². The first-order valence-corrected chi connectivity index (χ1v) is 12.3. The highest BCUT2D eigenvalue weighted by molar-refractivity contribution is 7.87. The lowest BCUT2D eigenvalue weighted by Crippen LogP contribution is -2.39. The normalized spacial score (nSPS) is 19.4. The Labute approximate surface area is 201 Å². The first-order chi connectivity index (χ1) is 16.2. The van der Waals surface area contributed by atoms with E-state index < -0.39 is 40.3 Å². The van der Waals surface area contributed by atoms with Gasteiger partial charge in [-0.05, 0) is 53.6 Å². The molecule has 2 aromatic rings. The predicted molar refractivity (Wildman–Crippen MR) is 119 cm³/mol. The summed E-state index contributed by atoms with van der Waals surface area (Å²) in [5.74, 6) is -1.88. The van der Waals surface area contributed by atoms with Crippen LogP contribution in [0.25, 0.3) is 11.1 Å². The molecule has 2 unspecified atom stereocenters. The fraction of sp³-hybridized carbons (Fsp3) is 0.458. The van der Waals surface area contributed by atoms with Crippen LogP contribution in [0.5, 0.6) is 5.75 Å². The summed E-state index contributed by atoms with van der Waals surface area (Å²) in [6.07, 6.45) is -8.07. The molecule has 192 valence electrons. The largest absolute Gasteiger partial charge is 0.461 e. The molecule has 0 radical (unpaired) electrons. The summed E-state index contributed by atoms with van der Waals surface area (Å²) in [4.78, 5) is 12.3. The van der Waals surface area contributed by atoms with Gasteiger partial charge in [0.25, 0.3) is 0 Å². The molecule has 1 saturated heterocycles. The maximum atomic E-state index is 13.0. The van der Waals surface area contributed by atoms with Crippen LogP contribution in [0.15, 0.2) is 53.4 Å². The van der Waals surface area contributed by atoms with Gasteiger partial charge in [0, 0.05) is 6.61 Å². The number of carbonyl (C=O) groups excluding carboxylic acids is 1. The van der Waals surface area contributed by atoms with Crippen LogP contribution in [0.2, 0.25) is 0 Å². The van der Waals surface area contributed by atoms with Crippen LogP contribution in [0, 0.1) is 11.3 Å². The Morgan fingerprint density at radius 3 is 2.06 bits per heavy atom. The SMILES string of the molecule is CC(C)(C)C1CC(C(=O)OS(=O)(=O)c2ccc(-c3ccc(OC(F)(F)C(F)F)cc3)cc2)CCO1. The number of ether oxygens (including phenoxy) is 2. The summed E-state index contributed by atoms with van der Waals surface area (Å²) in [6, 6.07) is 10.3. The summed E-state index contributed by atoms with van der Waals surface area (Å²) in [5.41, 5.74) is 0.802. The third kappa shape index (κ3) is 6.72. The van der Waals surface area contributed by atoms with Gasteiger partial charge in [-0.1, -0.05) is 45.0 Å². The second kappa shape index (κ2) is 10.1. The van der Waals surface area contributed by atoms with Gasteiger partial charge in [0.1, 0.15) is 10.6 Å². The van der Waals surface area contributed by atoms with E-state index in [9.17, 15) is 30.8 Å². The van der Waals surface area contributed by atoms with Crippen molar-refractivity contribution >= 4 is 16.1 Å². The molecule has 0 spiro atoms. The molecule has 1 heterocycles. The average Bonchev–Trinajstić information content (AvgIpc) is 2.78. The van der Waals surface area contributed by atoms with E-state index in [1.54, 1.807) is 0 Å². The van der Waals surface area contributed by atoms with E-state index >= 15 is 0 Å². The van der Waals surface area contributed by atoms with Crippen LogP contribution >= 0.6 is 0 Å². The molecule has 0 saturated carbocycles. The molecule has 1 aliphatic heterocycles. The fourth-order valence-electron chi connectivity index (χ4n) is 3.57. The molecule has 0 aliphatic carbocycles. The number of hydrogen-bond donors (Lipinski definition) is 0. The third-order valence-corrected chi connectivity index (χ3v) is 6.85. The molecule has 3 rings (SSSR count). The Hall–Kier alpha value is -2.66. The van der Waals surface area contributed by atoms with Gasteiger partial charge in [0.15, 0.2) is 0 Å². The lowest BCUT2D eigenvalue weighted by molar-refractivity contribution is -0.253. The highest BCUT2D eigenvalue weighted by atomic mass is 32.2. The van der Waals surface area contributed by atoms with E-state index in [1.165, 1.54) is 36.4 Å². The monoisotopic (exact) mass is 518 g/mol. The van der Waals surface area contributed by atoms with E-state index in [-0.39, 0.29) is 16.4 Å². The Morgan fingerprint density at radius 1 is 1.00 bits per heavy atom. The summed E-state index contributed by atoms with van der Waals surface area (Å²) < 4.78 is 90.4. The van der Waals surface area contributed by atoms with E-state index in [4.69, 9.17) is 8.92 Å². The molecule has 1 fully saturated rings. The Balaban J connectivity index is 1.67. The van der Waals surface area contributed by atoms with E-state index in [0.717, 1.165) is 12.1 Å². The van der Waals surface area contributed by atoms with Crippen molar-refractivity contribution in [3.63, 3.8) is 0 Å². The number of rotatable bonds is 7. The topological polar surface area (TPSA) is 78.9 Å². The van der Waals surface area contributed by atoms with Crippen LogP contribution in [0.4, 0.5) is 17.6 Å². The molecule has 11 heteroatoms. The fourth-order valence-corrected chi connectivity index (χ4v) is 4.49. The molecule has 0 amide bonds. The minimum absolute atomic E-state index is 0.200. The molecule has 0 aromatic heterocycles. The lowest BCUT2D eigenvalue weighted by atomic mass is 9.81. The molecule has 2 atom stereocenters. The number of halogens is 4. The number of hydrogen-bond acceptors (Lipinski definition) is 6. The van der Waals surface area contributed by atoms with Gasteiger partial charge in [-0.3, -0.25) is 4.79 Å². The predicted octanol–water partition coefficient (Wildman–Crippen LogP) is 5.66. The second-order valence-corrected chi connectivity index (χ2v) is 10.9. The van der Waals surface area contributed by atoms with Gasteiger partial charge in [-0.2, -0.15) is 26.0 Å². The quantitative estimate of drug-likeness (QED) is 0.348. The minimum atomic E-state index is -4.62. The third-order valence-electron chi connectivity index (χ3n) is 5.61. The van der Waals surface area contributed by atoms with Crippen molar-refractivity contribution < 1.29 is 44.4 Å². The van der Waals surface area contributed by atoms with Crippen molar-refractivity contribution in [1.82, 2.24) is 0 Å². The van der Waals surface area contributed by atoms with Crippen LogP contribution < -0.4 is 4.74 Å². The zero-order valence-corrected chi connectivity index (χ0v) is 20.2. The van der Waals surface area contributed by atoms with Crippen molar-refractivity contribution in [2.24, 2.45) is 11.3 Å². The van der Waals surface area contributed by atoms with Crippen molar-refractivity contribution in [1.29, 1.82) is 0 Å². The maximum absolute atomic E-state index is 13.0. The Bertz CT molecular complexity index is 1130. The molecule has 35 heavy (non-hydrogen) atoms. The Morgan fingerprint density at radius 2 is 1.54 bits per heavy atom. The molecule has 2 aromatic carbocycles. The molecule has 0 N–H and O–H groups in total. The maximum Gasteiger partial charge on any atom is 0.461 e. The van der Waals surface area contributed by atoms with Gasteiger partial charge >= 0.3 is 28.6 Å². The standard InChI is InChI=1S/C24H26F4O6S/c1-23(2,3)20-14-17(12-13-32-20)21(29)34-35(30,31)19-10-6-16(7-11-19)15-4-8-18(9-5-15)33-24(27,28)22(25)26/h4-11,17,20,22H,12-14H2,1-3H3. The number of carbonyl (C=O) groups is 1. The zero-order chi connectivity index (χ0) is 26.0. The zero-order valence-electron chi connectivity index (χ0n) is 19.3. The Kier molecular flexibility index (Phi) is 7.80. The molecule has 6 nitrogen and oxygen atoms in total. The van der Waals surface area contributed by atoms with Crippen LogP contribution in [0.1, 0.15) is 33.6 Å². The van der Waals surface area contributed by atoms with Crippen LogP contribution in [-0.2, 0) is 23.8 Å². The average molecular weight is 519 g/mol. The number of benzene rings is 2. The summed E-state index contributed by atoms with van der Waals surface area (Å²) >= 11 is 0. The van der Waals surface area contributed by atoms with Crippen molar-refractivity contribution in [2.45, 2.75) is 57.1 Å². The highest BCUT2D eigenvalue weighted by Gasteiger charge is 2.44. The van der Waals surface area contributed by atoms with Crippen molar-refractivity contribution in [3.8, 4) is 16.9 Å². The van der Waals surface area contributed by atoms with Crippen molar-refractivity contribution in [3.05, 3.63) is 48.5 Å². The van der Waals surface area contributed by atoms with E-state index in [0.29, 0.717) is 30.6 Å². The second-order valence-electron chi connectivity index (χ2n) is 9.32. The summed E-state index contributed by atoms with van der Waals surface area (Å²) in [5, 5.41) is 0. The lowest BCUT2D eigenvalue weighted by Gasteiger charge is -2.36. The molecular formula is C24H26F4O6S. The van der Waals surface area contributed by atoms with Crippen LogP contribution in [-0.4, -0.2) is 39.6 Å². The van der Waals surface area contributed by atoms with Gasteiger partial charge in [-0.15, -0.1) is 0 Å². The molecule has 1 aliphatic rings. The smallest absolute Gasteiger partial charge is 0.428 e. The first kappa shape index (κ1) is 26.9. The molecule has 0 bridgehead atoms. The minimum Gasteiger partial charge on any atom is -0.428 e. The van der Waals surface area contributed by atoms with Gasteiger partial charge in [0.05, 0.1) is 12.0 Å². The molecular weight excluding hydrogens is 492 g/mol. The highest BCUT2D eigenvalue weighted by Crippen LogP contribution is 2.34. The van der Waals surface area contributed by atoms with E-state index in [1.807, 2.05) is 20.8 Å².